The number of hydrogen-bond donors (Lipinski definition) is 1. The van der Waals surface area contributed by atoms with Crippen molar-refractivity contribution in [2.24, 2.45) is 0 Å². The normalized spacial score (nSPS) is 24.4. The standard InChI is InChI=1S/C16H18N2OS/c1-17-16(15-18-13-7-4-8-14(13)20-15)10-19-9-11-5-2-3-6-12(11)16/h2-3,5-6,17H,4,7-10H2,1H3. The third kappa shape index (κ3) is 1.68. The van der Waals surface area contributed by atoms with Crippen LogP contribution >= 0.6 is 11.3 Å². The number of nitrogens with zero attached hydrogens (tertiary/aromatic N) is 1. The Morgan fingerprint density at radius 2 is 2.20 bits per heavy atom. The first kappa shape index (κ1) is 12.5. The van der Waals surface area contributed by atoms with Gasteiger partial charge in [0.25, 0.3) is 0 Å². The quantitative estimate of drug-likeness (QED) is 0.921. The second-order valence-electron chi connectivity index (χ2n) is 5.55. The van der Waals surface area contributed by atoms with Gasteiger partial charge in [-0.2, -0.15) is 0 Å². The van der Waals surface area contributed by atoms with Crippen LogP contribution in [0.15, 0.2) is 24.3 Å². The molecule has 2 heterocycles. The summed E-state index contributed by atoms with van der Waals surface area (Å²) in [6.45, 7) is 1.36. The number of aromatic nitrogens is 1. The monoisotopic (exact) mass is 286 g/mol. The van der Waals surface area contributed by atoms with Crippen molar-refractivity contribution in [2.45, 2.75) is 31.4 Å². The van der Waals surface area contributed by atoms with E-state index in [1.54, 1.807) is 0 Å². The lowest BCUT2D eigenvalue weighted by molar-refractivity contribution is 0.0554. The van der Waals surface area contributed by atoms with E-state index in [4.69, 9.17) is 9.72 Å². The predicted molar refractivity (Wildman–Crippen MR) is 80.1 cm³/mol. The van der Waals surface area contributed by atoms with Crippen molar-refractivity contribution in [1.29, 1.82) is 0 Å². The number of rotatable bonds is 2. The van der Waals surface area contributed by atoms with Gasteiger partial charge in [-0.3, -0.25) is 0 Å². The number of ether oxygens (including phenoxy) is 1. The molecule has 0 amide bonds. The topological polar surface area (TPSA) is 34.2 Å². The van der Waals surface area contributed by atoms with Gasteiger partial charge in [-0.05, 0) is 37.4 Å². The van der Waals surface area contributed by atoms with E-state index in [0.717, 1.165) is 11.4 Å². The highest BCUT2D eigenvalue weighted by Crippen LogP contribution is 2.40. The van der Waals surface area contributed by atoms with Crippen molar-refractivity contribution in [3.63, 3.8) is 0 Å². The molecule has 104 valence electrons. The highest BCUT2D eigenvalue weighted by molar-refractivity contribution is 7.12. The maximum atomic E-state index is 5.86. The van der Waals surface area contributed by atoms with E-state index in [2.05, 4.69) is 29.6 Å². The Hall–Kier alpha value is -1.23. The van der Waals surface area contributed by atoms with Gasteiger partial charge < -0.3 is 10.1 Å². The van der Waals surface area contributed by atoms with Crippen molar-refractivity contribution >= 4 is 11.3 Å². The minimum Gasteiger partial charge on any atom is -0.374 e. The van der Waals surface area contributed by atoms with Crippen LogP contribution in [0.1, 0.15) is 33.1 Å². The molecule has 4 heteroatoms. The van der Waals surface area contributed by atoms with Gasteiger partial charge in [0.1, 0.15) is 10.5 Å². The Bertz CT molecular complexity index is 630. The van der Waals surface area contributed by atoms with Gasteiger partial charge in [-0.15, -0.1) is 11.3 Å². The highest BCUT2D eigenvalue weighted by Gasteiger charge is 2.41. The van der Waals surface area contributed by atoms with Crippen LogP contribution in [0.3, 0.4) is 0 Å². The summed E-state index contributed by atoms with van der Waals surface area (Å²) in [5.74, 6) is 0. The van der Waals surface area contributed by atoms with E-state index < -0.39 is 0 Å². The lowest BCUT2D eigenvalue weighted by Crippen LogP contribution is -2.48. The molecule has 0 radical (unpaired) electrons. The molecule has 0 bridgehead atoms. The number of fused-ring (bicyclic) bond motifs is 2. The fourth-order valence-corrected chi connectivity index (χ4v) is 4.66. The average molecular weight is 286 g/mol. The van der Waals surface area contributed by atoms with E-state index in [0.29, 0.717) is 13.2 Å². The lowest BCUT2D eigenvalue weighted by atomic mass is 9.86. The SMILES string of the molecule is CNC1(c2nc3c(s2)CCC3)COCc2ccccc21. The van der Waals surface area contributed by atoms with Crippen molar-refractivity contribution < 1.29 is 4.74 Å². The van der Waals surface area contributed by atoms with E-state index >= 15 is 0 Å². The number of thiazole rings is 1. The average Bonchev–Trinajstić information content (AvgIpc) is 3.08. The lowest BCUT2D eigenvalue weighted by Gasteiger charge is -2.37. The second-order valence-corrected chi connectivity index (χ2v) is 6.63. The molecule has 2 aromatic rings. The molecule has 0 saturated heterocycles. The van der Waals surface area contributed by atoms with Crippen molar-refractivity contribution in [2.75, 3.05) is 13.7 Å². The number of benzene rings is 1. The summed E-state index contributed by atoms with van der Waals surface area (Å²) in [6, 6.07) is 8.55. The van der Waals surface area contributed by atoms with E-state index in [-0.39, 0.29) is 5.54 Å². The molecule has 0 saturated carbocycles. The number of aryl methyl sites for hydroxylation is 2. The molecular weight excluding hydrogens is 268 g/mol. The highest BCUT2D eigenvalue weighted by atomic mass is 32.1. The maximum absolute atomic E-state index is 5.86. The molecule has 1 atom stereocenters. The molecule has 1 unspecified atom stereocenters. The summed E-state index contributed by atoms with van der Waals surface area (Å²) < 4.78 is 5.86. The van der Waals surface area contributed by atoms with Gasteiger partial charge >= 0.3 is 0 Å². The summed E-state index contributed by atoms with van der Waals surface area (Å²) in [5.41, 5.74) is 3.62. The molecular formula is C16H18N2OS. The van der Waals surface area contributed by atoms with E-state index in [9.17, 15) is 0 Å². The molecule has 1 aromatic heterocycles. The minimum atomic E-state index is -0.274. The minimum absolute atomic E-state index is 0.274. The van der Waals surface area contributed by atoms with Gasteiger partial charge in [0.2, 0.25) is 0 Å². The van der Waals surface area contributed by atoms with Crippen LogP contribution in [0.4, 0.5) is 0 Å². The summed E-state index contributed by atoms with van der Waals surface area (Å²) in [6.07, 6.45) is 3.58. The van der Waals surface area contributed by atoms with Crippen LogP contribution < -0.4 is 5.32 Å². The molecule has 2 aliphatic rings. The molecule has 1 aromatic carbocycles. The third-order valence-corrected chi connectivity index (χ3v) is 5.76. The largest absolute Gasteiger partial charge is 0.374 e. The summed E-state index contributed by atoms with van der Waals surface area (Å²) >= 11 is 1.86. The number of hydrogen-bond acceptors (Lipinski definition) is 4. The van der Waals surface area contributed by atoms with Crippen molar-refractivity contribution in [3.8, 4) is 0 Å². The second kappa shape index (κ2) is 4.65. The zero-order valence-electron chi connectivity index (χ0n) is 11.6. The van der Waals surface area contributed by atoms with Crippen molar-refractivity contribution in [1.82, 2.24) is 10.3 Å². The Morgan fingerprint density at radius 3 is 3.05 bits per heavy atom. The summed E-state index contributed by atoms with van der Waals surface area (Å²) in [5, 5.41) is 4.67. The van der Waals surface area contributed by atoms with Gasteiger partial charge in [0, 0.05) is 4.88 Å². The van der Waals surface area contributed by atoms with Gasteiger partial charge in [-0.1, -0.05) is 24.3 Å². The zero-order valence-corrected chi connectivity index (χ0v) is 12.4. The van der Waals surface area contributed by atoms with Gasteiger partial charge in [0.15, 0.2) is 0 Å². The van der Waals surface area contributed by atoms with E-state index in [1.165, 1.54) is 34.5 Å². The Morgan fingerprint density at radius 1 is 1.30 bits per heavy atom. The van der Waals surface area contributed by atoms with Gasteiger partial charge in [0.05, 0.1) is 18.9 Å². The molecule has 1 aliphatic heterocycles. The van der Waals surface area contributed by atoms with Crippen LogP contribution in [0.5, 0.6) is 0 Å². The Kier molecular flexibility index (Phi) is 2.91. The molecule has 3 nitrogen and oxygen atoms in total. The van der Waals surface area contributed by atoms with Crippen LogP contribution in [0.25, 0.3) is 0 Å². The smallest absolute Gasteiger partial charge is 0.120 e. The fourth-order valence-electron chi connectivity index (χ4n) is 3.32. The van der Waals surface area contributed by atoms with Crippen LogP contribution in [0.2, 0.25) is 0 Å². The number of likely N-dealkylation sites (N-methyl/N-ethyl adjacent to an activating group) is 1. The first-order chi connectivity index (χ1) is 9.83. The molecule has 1 aliphatic carbocycles. The summed E-state index contributed by atoms with van der Waals surface area (Å²) in [7, 11) is 2.01. The molecule has 1 N–H and O–H groups in total. The third-order valence-electron chi connectivity index (χ3n) is 4.44. The Labute approximate surface area is 123 Å². The molecule has 0 spiro atoms. The molecule has 20 heavy (non-hydrogen) atoms. The Balaban J connectivity index is 1.88. The maximum Gasteiger partial charge on any atom is 0.120 e. The zero-order chi connectivity index (χ0) is 13.6. The first-order valence-electron chi connectivity index (χ1n) is 7.17. The summed E-state index contributed by atoms with van der Waals surface area (Å²) in [4.78, 5) is 6.40. The van der Waals surface area contributed by atoms with Crippen LogP contribution in [0, 0.1) is 0 Å². The van der Waals surface area contributed by atoms with Crippen LogP contribution in [-0.2, 0) is 29.7 Å². The van der Waals surface area contributed by atoms with E-state index in [1.807, 2.05) is 18.4 Å². The predicted octanol–water partition coefficient (Wildman–Crippen LogP) is 2.63. The molecule has 0 fully saturated rings. The van der Waals surface area contributed by atoms with Crippen LogP contribution in [-0.4, -0.2) is 18.6 Å². The first-order valence-corrected chi connectivity index (χ1v) is 7.99. The fraction of sp³-hybridized carbons (Fsp3) is 0.438. The molecule has 4 rings (SSSR count). The number of nitrogens with one attached hydrogen (secondary N) is 1. The van der Waals surface area contributed by atoms with Gasteiger partial charge in [-0.25, -0.2) is 4.98 Å². The van der Waals surface area contributed by atoms with Crippen molar-refractivity contribution in [3.05, 3.63) is 51.0 Å².